The molecule has 4 aromatic rings. The number of fused-ring (bicyclic) bond motifs is 2. The Morgan fingerprint density at radius 1 is 1.08 bits per heavy atom. The van der Waals surface area contributed by atoms with Crippen LogP contribution in [0.5, 0.6) is 0 Å². The number of hydrogen-bond acceptors (Lipinski definition) is 4. The molecular formula is C18H18N6O. The fourth-order valence-corrected chi connectivity index (χ4v) is 3.82. The van der Waals surface area contributed by atoms with Gasteiger partial charge in [-0.1, -0.05) is 31.4 Å². The third-order valence-electron chi connectivity index (χ3n) is 5.05. The van der Waals surface area contributed by atoms with E-state index in [1.807, 2.05) is 33.4 Å². The smallest absolute Gasteiger partial charge is 0.303 e. The zero-order valence-electron chi connectivity index (χ0n) is 13.7. The van der Waals surface area contributed by atoms with Gasteiger partial charge in [0.25, 0.3) is 0 Å². The van der Waals surface area contributed by atoms with E-state index >= 15 is 0 Å². The summed E-state index contributed by atoms with van der Waals surface area (Å²) in [5.74, 6) is 0.532. The molecule has 0 saturated heterocycles. The second kappa shape index (κ2) is 5.54. The van der Waals surface area contributed by atoms with Gasteiger partial charge in [0.15, 0.2) is 5.65 Å². The number of rotatable bonds is 2. The van der Waals surface area contributed by atoms with Crippen LogP contribution in [-0.2, 0) is 0 Å². The standard InChI is InChI=1S/C18H18N6O/c25-18-21-14-10-19-17(23-11-20-13-8-4-5-9-15(13)23)22-16(14)24(18)12-6-2-1-3-7-12/h4-5,8-12H,1-3,6-7H2,(H,21,25). The van der Waals surface area contributed by atoms with Crippen LogP contribution in [0.25, 0.3) is 28.1 Å². The molecule has 0 bridgehead atoms. The van der Waals surface area contributed by atoms with Crippen LogP contribution in [0, 0.1) is 0 Å². The van der Waals surface area contributed by atoms with Gasteiger partial charge >= 0.3 is 5.69 Å². The van der Waals surface area contributed by atoms with Gasteiger partial charge in [0, 0.05) is 6.04 Å². The maximum atomic E-state index is 12.5. The van der Waals surface area contributed by atoms with E-state index in [1.165, 1.54) is 6.42 Å². The summed E-state index contributed by atoms with van der Waals surface area (Å²) in [7, 11) is 0. The van der Waals surface area contributed by atoms with Crippen LogP contribution in [0.3, 0.4) is 0 Å². The summed E-state index contributed by atoms with van der Waals surface area (Å²) in [6.45, 7) is 0. The highest BCUT2D eigenvalue weighted by atomic mass is 16.1. The molecule has 7 nitrogen and oxygen atoms in total. The SMILES string of the molecule is O=c1[nH]c2cnc(-n3cnc4ccccc43)nc2n1C1CCCCC1. The van der Waals surface area contributed by atoms with Gasteiger partial charge in [-0.2, -0.15) is 4.98 Å². The molecule has 1 aliphatic carbocycles. The van der Waals surface area contributed by atoms with Crippen LogP contribution < -0.4 is 5.69 Å². The zero-order chi connectivity index (χ0) is 16.8. The van der Waals surface area contributed by atoms with Crippen LogP contribution in [-0.4, -0.2) is 29.1 Å². The van der Waals surface area contributed by atoms with Crippen molar-refractivity contribution in [2.45, 2.75) is 38.1 Å². The largest absolute Gasteiger partial charge is 0.327 e. The minimum Gasteiger partial charge on any atom is -0.303 e. The van der Waals surface area contributed by atoms with E-state index in [-0.39, 0.29) is 11.7 Å². The molecule has 5 rings (SSSR count). The lowest BCUT2D eigenvalue weighted by molar-refractivity contribution is 0.352. The lowest BCUT2D eigenvalue weighted by Gasteiger charge is -2.22. The number of benzene rings is 1. The minimum atomic E-state index is -0.0937. The van der Waals surface area contributed by atoms with Crippen molar-refractivity contribution < 1.29 is 0 Å². The van der Waals surface area contributed by atoms with Crippen molar-refractivity contribution in [2.24, 2.45) is 0 Å². The summed E-state index contributed by atoms with van der Waals surface area (Å²) in [5.41, 5.74) is 3.11. The first-order valence-electron chi connectivity index (χ1n) is 8.71. The van der Waals surface area contributed by atoms with Gasteiger partial charge in [0.1, 0.15) is 11.8 Å². The Morgan fingerprint density at radius 2 is 1.92 bits per heavy atom. The second-order valence-electron chi connectivity index (χ2n) is 6.60. The predicted octanol–water partition coefficient (Wildman–Crippen LogP) is 2.96. The van der Waals surface area contributed by atoms with Crippen molar-refractivity contribution in [2.75, 3.05) is 0 Å². The maximum absolute atomic E-state index is 12.5. The van der Waals surface area contributed by atoms with Gasteiger partial charge in [-0.05, 0) is 25.0 Å². The van der Waals surface area contributed by atoms with Gasteiger partial charge in [-0.25, -0.2) is 14.8 Å². The molecule has 0 unspecified atom stereocenters. The van der Waals surface area contributed by atoms with Crippen molar-refractivity contribution in [3.63, 3.8) is 0 Å². The van der Waals surface area contributed by atoms with Crippen LogP contribution in [0.2, 0.25) is 0 Å². The Labute approximate surface area is 143 Å². The molecule has 1 saturated carbocycles. The van der Waals surface area contributed by atoms with Gasteiger partial charge < -0.3 is 4.98 Å². The molecule has 3 aromatic heterocycles. The normalized spacial score (nSPS) is 16.0. The topological polar surface area (TPSA) is 81.4 Å². The van der Waals surface area contributed by atoms with E-state index in [1.54, 1.807) is 12.5 Å². The highest BCUT2D eigenvalue weighted by molar-refractivity contribution is 5.77. The molecule has 25 heavy (non-hydrogen) atoms. The molecule has 0 atom stereocenters. The predicted molar refractivity (Wildman–Crippen MR) is 94.9 cm³/mol. The number of nitrogens with one attached hydrogen (secondary N) is 1. The summed E-state index contributed by atoms with van der Waals surface area (Å²) >= 11 is 0. The number of nitrogens with zero attached hydrogens (tertiary/aromatic N) is 5. The average molecular weight is 334 g/mol. The molecule has 0 radical (unpaired) electrons. The molecule has 0 spiro atoms. The quantitative estimate of drug-likeness (QED) is 0.611. The second-order valence-corrected chi connectivity index (χ2v) is 6.60. The molecule has 1 fully saturated rings. The number of para-hydroxylation sites is 2. The van der Waals surface area contributed by atoms with Crippen molar-refractivity contribution in [1.29, 1.82) is 0 Å². The summed E-state index contributed by atoms with van der Waals surface area (Å²) in [6.07, 6.45) is 9.03. The van der Waals surface area contributed by atoms with E-state index in [9.17, 15) is 4.79 Å². The lowest BCUT2D eigenvalue weighted by atomic mass is 9.95. The third kappa shape index (κ3) is 2.26. The summed E-state index contributed by atoms with van der Waals surface area (Å²) in [4.78, 5) is 28.9. The van der Waals surface area contributed by atoms with Gasteiger partial charge in [-0.3, -0.25) is 9.13 Å². The monoisotopic (exact) mass is 334 g/mol. The molecule has 1 N–H and O–H groups in total. The van der Waals surface area contributed by atoms with Crippen molar-refractivity contribution >= 4 is 22.2 Å². The third-order valence-corrected chi connectivity index (χ3v) is 5.05. The zero-order valence-corrected chi connectivity index (χ0v) is 13.7. The number of hydrogen-bond donors (Lipinski definition) is 1. The Bertz CT molecular complexity index is 1120. The molecule has 1 aliphatic rings. The Balaban J connectivity index is 1.69. The molecule has 7 heteroatoms. The number of imidazole rings is 2. The fourth-order valence-electron chi connectivity index (χ4n) is 3.82. The van der Waals surface area contributed by atoms with E-state index in [4.69, 9.17) is 4.98 Å². The van der Waals surface area contributed by atoms with Gasteiger partial charge in [0.05, 0.1) is 17.2 Å². The number of H-pyrrole nitrogens is 1. The first-order chi connectivity index (χ1) is 12.3. The summed E-state index contributed by atoms with van der Waals surface area (Å²) in [6, 6.07) is 8.08. The summed E-state index contributed by atoms with van der Waals surface area (Å²) < 4.78 is 3.68. The highest BCUT2D eigenvalue weighted by Gasteiger charge is 2.21. The maximum Gasteiger partial charge on any atom is 0.327 e. The van der Waals surface area contributed by atoms with Crippen molar-refractivity contribution in [3.05, 3.63) is 47.3 Å². The number of aromatic nitrogens is 6. The average Bonchev–Trinajstić information content (AvgIpc) is 3.22. The van der Waals surface area contributed by atoms with Gasteiger partial charge in [-0.15, -0.1) is 0 Å². The Kier molecular flexibility index (Phi) is 3.19. The van der Waals surface area contributed by atoms with E-state index < -0.39 is 0 Å². The molecule has 0 aliphatic heterocycles. The first-order valence-corrected chi connectivity index (χ1v) is 8.71. The molecule has 1 aromatic carbocycles. The summed E-state index contributed by atoms with van der Waals surface area (Å²) in [5, 5.41) is 0. The van der Waals surface area contributed by atoms with E-state index in [0.717, 1.165) is 36.7 Å². The van der Waals surface area contributed by atoms with E-state index in [0.29, 0.717) is 17.1 Å². The van der Waals surface area contributed by atoms with Crippen molar-refractivity contribution in [1.82, 2.24) is 29.1 Å². The molecular weight excluding hydrogens is 316 g/mol. The van der Waals surface area contributed by atoms with E-state index in [2.05, 4.69) is 15.0 Å². The Hall–Kier alpha value is -2.96. The van der Waals surface area contributed by atoms with Crippen LogP contribution in [0.4, 0.5) is 0 Å². The minimum absolute atomic E-state index is 0.0937. The van der Waals surface area contributed by atoms with Crippen molar-refractivity contribution in [3.8, 4) is 5.95 Å². The van der Waals surface area contributed by atoms with Crippen LogP contribution in [0.1, 0.15) is 38.1 Å². The lowest BCUT2D eigenvalue weighted by Crippen LogP contribution is -2.24. The molecule has 0 amide bonds. The van der Waals surface area contributed by atoms with Crippen LogP contribution >= 0.6 is 0 Å². The van der Waals surface area contributed by atoms with Crippen LogP contribution in [0.15, 0.2) is 41.6 Å². The molecule has 126 valence electrons. The van der Waals surface area contributed by atoms with Gasteiger partial charge in [0.2, 0.25) is 5.95 Å². The molecule has 3 heterocycles. The Morgan fingerprint density at radius 3 is 2.80 bits per heavy atom. The fraction of sp³-hybridized carbons (Fsp3) is 0.333. The number of aromatic amines is 1. The highest BCUT2D eigenvalue weighted by Crippen LogP contribution is 2.29. The first kappa shape index (κ1) is 14.4.